The number of methoxy groups -OCH3 is 1. The number of nitrogens with zero attached hydrogens (tertiary/aromatic N) is 4. The van der Waals surface area contributed by atoms with Gasteiger partial charge >= 0.3 is 0 Å². The first-order valence-corrected chi connectivity index (χ1v) is 4.22. The van der Waals surface area contributed by atoms with Crippen LogP contribution < -0.4 is 15.6 Å². The molecule has 0 aliphatic heterocycles. The number of carbonyl (C=O) groups excluding carboxylic acids is 1. The molecular weight excluding hydrogens is 210 g/mol. The maximum Gasteiger partial charge on any atom is 0.252 e. The first-order valence-electron chi connectivity index (χ1n) is 4.22. The number of hydrogen-bond acceptors (Lipinski definition) is 6. The van der Waals surface area contributed by atoms with Crippen LogP contribution in [0.4, 0.5) is 5.82 Å². The predicted molar refractivity (Wildman–Crippen MR) is 60.9 cm³/mol. The van der Waals surface area contributed by atoms with Crippen LogP contribution in [-0.4, -0.2) is 31.4 Å². The summed E-state index contributed by atoms with van der Waals surface area (Å²) in [4.78, 5) is 15.1. The van der Waals surface area contributed by atoms with E-state index in [4.69, 9.17) is 10.5 Å². The minimum absolute atomic E-state index is 0.122. The number of carbonyl (C=O) groups is 1. The van der Waals surface area contributed by atoms with Gasteiger partial charge in [-0.1, -0.05) is 0 Å². The van der Waals surface area contributed by atoms with Crippen molar-refractivity contribution in [2.75, 3.05) is 12.2 Å². The molecule has 0 unspecified atom stereocenters. The number of amides is 1. The van der Waals surface area contributed by atoms with Gasteiger partial charge in [-0.3, -0.25) is 4.79 Å². The van der Waals surface area contributed by atoms with Crippen LogP contribution in [0.25, 0.3) is 0 Å². The van der Waals surface area contributed by atoms with Crippen molar-refractivity contribution >= 4 is 25.2 Å². The van der Waals surface area contributed by atoms with E-state index in [1.807, 2.05) is 0 Å². The van der Waals surface area contributed by atoms with E-state index in [1.165, 1.54) is 19.2 Å². The number of primary amides is 1. The zero-order chi connectivity index (χ0) is 12.1. The normalized spacial score (nSPS) is 9.31. The summed E-state index contributed by atoms with van der Waals surface area (Å²) in [7, 11) is 1.45. The SMILES string of the molecule is C=NN(N=C)c1nc(OC)ccc1C(N)=O. The van der Waals surface area contributed by atoms with E-state index in [2.05, 4.69) is 28.6 Å². The zero-order valence-electron chi connectivity index (χ0n) is 8.75. The lowest BCUT2D eigenvalue weighted by atomic mass is 10.2. The number of ether oxygens (including phenoxy) is 1. The number of hydrogen-bond donors (Lipinski definition) is 1. The van der Waals surface area contributed by atoms with Crippen molar-refractivity contribution in [3.63, 3.8) is 0 Å². The molecule has 0 radical (unpaired) electrons. The molecule has 0 aliphatic carbocycles. The van der Waals surface area contributed by atoms with Crippen molar-refractivity contribution in [3.8, 4) is 5.88 Å². The third kappa shape index (κ3) is 2.14. The highest BCUT2D eigenvalue weighted by atomic mass is 16.5. The Morgan fingerprint density at radius 3 is 2.56 bits per heavy atom. The zero-order valence-corrected chi connectivity index (χ0v) is 8.75. The monoisotopic (exact) mass is 221 g/mol. The van der Waals surface area contributed by atoms with Crippen molar-refractivity contribution in [3.05, 3.63) is 17.7 Å². The van der Waals surface area contributed by atoms with Crippen molar-refractivity contribution in [1.82, 2.24) is 4.98 Å². The Morgan fingerprint density at radius 2 is 2.12 bits per heavy atom. The van der Waals surface area contributed by atoms with Crippen LogP contribution >= 0.6 is 0 Å². The summed E-state index contributed by atoms with van der Waals surface area (Å²) < 4.78 is 4.91. The van der Waals surface area contributed by atoms with Crippen LogP contribution in [0, 0.1) is 0 Å². The fraction of sp³-hybridized carbons (Fsp3) is 0.111. The quantitative estimate of drug-likeness (QED) is 0.568. The first kappa shape index (κ1) is 11.6. The van der Waals surface area contributed by atoms with Gasteiger partial charge in [0, 0.05) is 19.5 Å². The second kappa shape index (κ2) is 4.87. The van der Waals surface area contributed by atoms with E-state index in [0.717, 1.165) is 5.12 Å². The smallest absolute Gasteiger partial charge is 0.252 e. The lowest BCUT2D eigenvalue weighted by Crippen LogP contribution is -2.18. The van der Waals surface area contributed by atoms with Crippen LogP contribution in [0.5, 0.6) is 5.88 Å². The van der Waals surface area contributed by atoms with Crippen LogP contribution in [-0.2, 0) is 0 Å². The Hall–Kier alpha value is -2.44. The van der Waals surface area contributed by atoms with Gasteiger partial charge in [-0.25, -0.2) is 0 Å². The molecule has 0 saturated carbocycles. The molecule has 0 bridgehead atoms. The molecule has 0 aromatic carbocycles. The van der Waals surface area contributed by atoms with E-state index < -0.39 is 5.91 Å². The highest BCUT2D eigenvalue weighted by molar-refractivity contribution is 5.97. The van der Waals surface area contributed by atoms with Crippen molar-refractivity contribution in [2.45, 2.75) is 0 Å². The summed E-state index contributed by atoms with van der Waals surface area (Å²) >= 11 is 0. The number of anilines is 1. The largest absolute Gasteiger partial charge is 0.481 e. The van der Waals surface area contributed by atoms with Crippen LogP contribution in [0.15, 0.2) is 22.3 Å². The Balaban J connectivity index is 3.34. The average Bonchev–Trinajstić information content (AvgIpc) is 2.30. The predicted octanol–water partition coefficient (Wildman–Crippen LogP) is 0.227. The number of nitrogens with two attached hydrogens (primary N) is 1. The van der Waals surface area contributed by atoms with Crippen LogP contribution in [0.1, 0.15) is 10.4 Å². The van der Waals surface area contributed by atoms with Gasteiger partial charge in [0.15, 0.2) is 5.82 Å². The van der Waals surface area contributed by atoms with Gasteiger partial charge in [0.05, 0.1) is 12.7 Å². The maximum atomic E-state index is 11.1. The fourth-order valence-corrected chi connectivity index (χ4v) is 1.07. The van der Waals surface area contributed by atoms with Crippen molar-refractivity contribution in [1.29, 1.82) is 0 Å². The van der Waals surface area contributed by atoms with Gasteiger partial charge in [0.1, 0.15) is 0 Å². The minimum atomic E-state index is -0.651. The standard InChI is InChI=1S/C9H11N5O2/c1-11-14(12-2)9-6(8(10)15)4-5-7(13-9)16-3/h4-5H,1-2H2,3H3,(H2,10,15). The molecule has 0 spiro atoms. The molecule has 1 rings (SSSR count). The highest BCUT2D eigenvalue weighted by Gasteiger charge is 2.16. The van der Waals surface area contributed by atoms with E-state index in [1.54, 1.807) is 0 Å². The Labute approximate surface area is 92.2 Å². The molecular formula is C9H11N5O2. The maximum absolute atomic E-state index is 11.1. The molecule has 1 aromatic heterocycles. The van der Waals surface area contributed by atoms with E-state index in [9.17, 15) is 4.79 Å². The number of hydrazone groups is 2. The molecule has 7 heteroatoms. The number of aromatic nitrogens is 1. The van der Waals surface area contributed by atoms with Gasteiger partial charge < -0.3 is 10.5 Å². The van der Waals surface area contributed by atoms with Gasteiger partial charge in [-0.15, -0.1) is 5.12 Å². The van der Waals surface area contributed by atoms with Gasteiger partial charge in [-0.2, -0.15) is 15.2 Å². The molecule has 84 valence electrons. The Kier molecular flexibility index (Phi) is 3.54. The van der Waals surface area contributed by atoms with E-state index in [-0.39, 0.29) is 11.4 Å². The lowest BCUT2D eigenvalue weighted by molar-refractivity contribution is 0.100. The summed E-state index contributed by atoms with van der Waals surface area (Å²) in [5.41, 5.74) is 5.34. The molecule has 1 heterocycles. The molecule has 0 atom stereocenters. The van der Waals surface area contributed by atoms with Gasteiger partial charge in [0.2, 0.25) is 5.88 Å². The van der Waals surface area contributed by atoms with E-state index >= 15 is 0 Å². The number of rotatable bonds is 5. The molecule has 0 aliphatic rings. The summed E-state index contributed by atoms with van der Waals surface area (Å²) in [5, 5.41) is 8.04. The summed E-state index contributed by atoms with van der Waals surface area (Å²) in [5.74, 6) is -0.225. The lowest BCUT2D eigenvalue weighted by Gasteiger charge is -2.13. The van der Waals surface area contributed by atoms with Gasteiger partial charge in [0.25, 0.3) is 5.91 Å². The molecule has 1 aromatic rings. The summed E-state index contributed by atoms with van der Waals surface area (Å²) in [6.45, 7) is 6.55. The third-order valence-corrected chi connectivity index (χ3v) is 1.78. The van der Waals surface area contributed by atoms with Gasteiger partial charge in [-0.05, 0) is 6.07 Å². The molecule has 16 heavy (non-hydrogen) atoms. The molecule has 1 amide bonds. The number of pyridine rings is 1. The fourth-order valence-electron chi connectivity index (χ4n) is 1.07. The molecule has 0 saturated heterocycles. The van der Waals surface area contributed by atoms with E-state index in [0.29, 0.717) is 5.88 Å². The van der Waals surface area contributed by atoms with Crippen molar-refractivity contribution < 1.29 is 9.53 Å². The van der Waals surface area contributed by atoms with Crippen molar-refractivity contribution in [2.24, 2.45) is 15.9 Å². The Morgan fingerprint density at radius 1 is 1.50 bits per heavy atom. The minimum Gasteiger partial charge on any atom is -0.481 e. The Bertz CT molecular complexity index is 424. The topological polar surface area (TPSA) is 93.2 Å². The molecule has 0 fully saturated rings. The molecule has 7 nitrogen and oxygen atoms in total. The summed E-state index contributed by atoms with van der Waals surface area (Å²) in [6.07, 6.45) is 0. The van der Waals surface area contributed by atoms with Crippen LogP contribution in [0.3, 0.4) is 0 Å². The second-order valence-corrected chi connectivity index (χ2v) is 2.66. The van der Waals surface area contributed by atoms with Crippen LogP contribution in [0.2, 0.25) is 0 Å². The summed E-state index contributed by atoms with van der Waals surface area (Å²) in [6, 6.07) is 2.97. The first-order chi connectivity index (χ1) is 7.63. The average molecular weight is 221 g/mol. The third-order valence-electron chi connectivity index (χ3n) is 1.78. The second-order valence-electron chi connectivity index (χ2n) is 2.66. The highest BCUT2D eigenvalue weighted by Crippen LogP contribution is 2.21. The molecule has 2 N–H and O–H groups in total.